The van der Waals surface area contributed by atoms with Gasteiger partial charge in [0, 0.05) is 25.5 Å². The second kappa shape index (κ2) is 7.20. The molecule has 0 spiro atoms. The van der Waals surface area contributed by atoms with Crippen LogP contribution in [-0.2, 0) is 14.8 Å². The zero-order valence-electron chi connectivity index (χ0n) is 9.23. The van der Waals surface area contributed by atoms with Crippen LogP contribution in [0.1, 0.15) is 0 Å². The van der Waals surface area contributed by atoms with E-state index in [0.29, 0.717) is 29.2 Å². The molecule has 1 aromatic heterocycles. The Labute approximate surface area is 122 Å². The van der Waals surface area contributed by atoms with E-state index in [2.05, 4.69) is 31.9 Å². The fourth-order valence-corrected chi connectivity index (χ4v) is 5.45. The molecule has 0 bridgehead atoms. The Morgan fingerprint density at radius 2 is 2.12 bits per heavy atom. The Morgan fingerprint density at radius 1 is 1.41 bits per heavy atom. The monoisotopic (exact) mass is 405 g/mol. The molecule has 1 aromatic rings. The first kappa shape index (κ1) is 15.6. The first-order chi connectivity index (χ1) is 8.02. The van der Waals surface area contributed by atoms with E-state index in [1.807, 2.05) is 0 Å². The average molecular weight is 407 g/mol. The number of nitrogens with zero attached hydrogens (tertiary/aromatic N) is 1. The van der Waals surface area contributed by atoms with Gasteiger partial charge < -0.3 is 4.74 Å². The number of methoxy groups -OCH3 is 1. The highest BCUT2D eigenvalue weighted by Gasteiger charge is 2.25. The smallest absolute Gasteiger partial charge is 0.252 e. The minimum absolute atomic E-state index is 0.349. The maximum absolute atomic E-state index is 12.3. The molecule has 1 rings (SSSR count). The standard InChI is InChI=1S/C9H13Br2NO3S2/c1-15-7-6-12(5-4-10)17(13,14)9-3-2-8(11)16-9/h2-3H,4-7H2,1H3. The summed E-state index contributed by atoms with van der Waals surface area (Å²) in [5, 5.41) is 0.600. The number of ether oxygens (including phenoxy) is 1. The van der Waals surface area contributed by atoms with Crippen LogP contribution < -0.4 is 0 Å². The molecule has 0 unspecified atom stereocenters. The highest BCUT2D eigenvalue weighted by molar-refractivity contribution is 9.11. The van der Waals surface area contributed by atoms with Gasteiger partial charge >= 0.3 is 0 Å². The lowest BCUT2D eigenvalue weighted by atomic mass is 10.6. The second-order valence-electron chi connectivity index (χ2n) is 3.14. The quantitative estimate of drug-likeness (QED) is 0.653. The van der Waals surface area contributed by atoms with Crippen LogP contribution in [0.4, 0.5) is 0 Å². The van der Waals surface area contributed by atoms with Gasteiger partial charge in [-0.3, -0.25) is 0 Å². The average Bonchev–Trinajstić information content (AvgIpc) is 2.71. The molecule has 1 heterocycles. The van der Waals surface area contributed by atoms with E-state index in [1.165, 1.54) is 15.6 Å². The summed E-state index contributed by atoms with van der Waals surface area (Å²) in [4.78, 5) is 0. The second-order valence-corrected chi connectivity index (χ2v) is 8.57. The molecule has 0 N–H and O–H groups in total. The maximum atomic E-state index is 12.3. The van der Waals surface area contributed by atoms with Crippen LogP contribution in [0.15, 0.2) is 20.1 Å². The van der Waals surface area contributed by atoms with Crippen LogP contribution in [0.5, 0.6) is 0 Å². The van der Waals surface area contributed by atoms with Crippen molar-refractivity contribution >= 4 is 53.2 Å². The molecule has 98 valence electrons. The van der Waals surface area contributed by atoms with Gasteiger partial charge in [-0.1, -0.05) is 15.9 Å². The number of thiophene rings is 1. The summed E-state index contributed by atoms with van der Waals surface area (Å²) in [7, 11) is -1.85. The SMILES string of the molecule is COCCN(CCBr)S(=O)(=O)c1ccc(Br)s1. The largest absolute Gasteiger partial charge is 0.383 e. The Morgan fingerprint density at radius 3 is 2.59 bits per heavy atom. The van der Waals surface area contributed by atoms with Gasteiger partial charge in [0.15, 0.2) is 0 Å². The van der Waals surface area contributed by atoms with Gasteiger partial charge in [0.05, 0.1) is 10.4 Å². The van der Waals surface area contributed by atoms with Crippen LogP contribution in [-0.4, -0.2) is 44.9 Å². The van der Waals surface area contributed by atoms with E-state index in [-0.39, 0.29) is 0 Å². The van der Waals surface area contributed by atoms with Gasteiger partial charge in [-0.05, 0) is 28.1 Å². The Balaban J connectivity index is 2.91. The molecule has 4 nitrogen and oxygen atoms in total. The Kier molecular flexibility index (Phi) is 6.60. The zero-order valence-corrected chi connectivity index (χ0v) is 14.0. The molecule has 0 aliphatic carbocycles. The van der Waals surface area contributed by atoms with E-state index >= 15 is 0 Å². The number of halogens is 2. The molecule has 0 aliphatic rings. The third-order valence-electron chi connectivity index (χ3n) is 2.02. The summed E-state index contributed by atoms with van der Waals surface area (Å²) >= 11 is 7.74. The van der Waals surface area contributed by atoms with E-state index < -0.39 is 10.0 Å². The number of hydrogen-bond donors (Lipinski definition) is 0. The molecule has 0 radical (unpaired) electrons. The van der Waals surface area contributed by atoms with Crippen molar-refractivity contribution in [1.29, 1.82) is 0 Å². The third kappa shape index (κ3) is 4.29. The maximum Gasteiger partial charge on any atom is 0.252 e. The van der Waals surface area contributed by atoms with Crippen molar-refractivity contribution in [2.24, 2.45) is 0 Å². The lowest BCUT2D eigenvalue weighted by Crippen LogP contribution is -2.35. The van der Waals surface area contributed by atoms with Gasteiger partial charge in [0.2, 0.25) is 0 Å². The summed E-state index contributed by atoms with van der Waals surface area (Å²) in [6, 6.07) is 3.35. The molecule has 17 heavy (non-hydrogen) atoms. The van der Waals surface area contributed by atoms with E-state index in [9.17, 15) is 8.42 Å². The van der Waals surface area contributed by atoms with Gasteiger partial charge in [-0.15, -0.1) is 11.3 Å². The first-order valence-corrected chi connectivity index (χ1v) is 9.00. The van der Waals surface area contributed by atoms with Gasteiger partial charge in [0.25, 0.3) is 10.0 Å². The van der Waals surface area contributed by atoms with Crippen LogP contribution in [0.2, 0.25) is 0 Å². The fraction of sp³-hybridized carbons (Fsp3) is 0.556. The van der Waals surface area contributed by atoms with Crippen molar-refractivity contribution in [2.45, 2.75) is 4.21 Å². The molecule has 0 atom stereocenters. The Hall–Kier alpha value is 0.530. The summed E-state index contributed by atoms with van der Waals surface area (Å²) in [5.74, 6) is 0. The molecular formula is C9H13Br2NO3S2. The first-order valence-electron chi connectivity index (χ1n) is 4.82. The zero-order chi connectivity index (χ0) is 12.9. The molecule has 0 fully saturated rings. The molecule has 8 heteroatoms. The van der Waals surface area contributed by atoms with E-state index in [1.54, 1.807) is 19.2 Å². The van der Waals surface area contributed by atoms with E-state index in [0.717, 1.165) is 3.79 Å². The highest BCUT2D eigenvalue weighted by atomic mass is 79.9. The predicted molar refractivity (Wildman–Crippen MR) is 76.4 cm³/mol. The number of sulfonamides is 1. The summed E-state index contributed by atoms with van der Waals surface area (Å²) in [6.07, 6.45) is 0. The fourth-order valence-electron chi connectivity index (χ4n) is 1.20. The third-order valence-corrected chi connectivity index (χ3v) is 6.37. The number of rotatable bonds is 7. The lowest BCUT2D eigenvalue weighted by molar-refractivity contribution is 0.181. The van der Waals surface area contributed by atoms with Crippen molar-refractivity contribution in [1.82, 2.24) is 4.31 Å². The van der Waals surface area contributed by atoms with E-state index in [4.69, 9.17) is 4.74 Å². The molecule has 0 amide bonds. The van der Waals surface area contributed by atoms with Gasteiger partial charge in [-0.25, -0.2) is 8.42 Å². The molecule has 0 saturated carbocycles. The summed E-state index contributed by atoms with van der Waals surface area (Å²) in [6.45, 7) is 1.18. The van der Waals surface area contributed by atoms with Gasteiger partial charge in [0.1, 0.15) is 4.21 Å². The van der Waals surface area contributed by atoms with Crippen molar-refractivity contribution < 1.29 is 13.2 Å². The molecular weight excluding hydrogens is 394 g/mol. The Bertz CT molecular complexity index is 447. The topological polar surface area (TPSA) is 46.6 Å². The number of alkyl halides is 1. The van der Waals surface area contributed by atoms with Crippen molar-refractivity contribution in [3.05, 3.63) is 15.9 Å². The summed E-state index contributed by atoms with van der Waals surface area (Å²) < 4.78 is 32.1. The molecule has 0 aliphatic heterocycles. The normalized spacial score (nSPS) is 12.2. The minimum atomic E-state index is -3.40. The number of hydrogen-bond acceptors (Lipinski definition) is 4. The van der Waals surface area contributed by atoms with Crippen molar-refractivity contribution in [3.8, 4) is 0 Å². The van der Waals surface area contributed by atoms with Gasteiger partial charge in [-0.2, -0.15) is 4.31 Å². The van der Waals surface area contributed by atoms with Crippen molar-refractivity contribution in [3.63, 3.8) is 0 Å². The minimum Gasteiger partial charge on any atom is -0.383 e. The lowest BCUT2D eigenvalue weighted by Gasteiger charge is -2.19. The van der Waals surface area contributed by atoms with Crippen LogP contribution in [0, 0.1) is 0 Å². The highest BCUT2D eigenvalue weighted by Crippen LogP contribution is 2.28. The predicted octanol–water partition coefficient (Wildman–Crippen LogP) is 2.54. The van der Waals surface area contributed by atoms with Crippen LogP contribution in [0.3, 0.4) is 0 Å². The molecule has 0 saturated heterocycles. The van der Waals surface area contributed by atoms with Crippen LogP contribution >= 0.6 is 43.2 Å². The van der Waals surface area contributed by atoms with Crippen molar-refractivity contribution in [2.75, 3.05) is 32.1 Å². The van der Waals surface area contributed by atoms with Crippen LogP contribution in [0.25, 0.3) is 0 Å². The summed E-state index contributed by atoms with van der Waals surface area (Å²) in [5.41, 5.74) is 0. The molecule has 0 aromatic carbocycles.